The predicted octanol–water partition coefficient (Wildman–Crippen LogP) is 2.09. The van der Waals surface area contributed by atoms with E-state index in [4.69, 9.17) is 14.9 Å². The van der Waals surface area contributed by atoms with Gasteiger partial charge in [0.05, 0.1) is 24.4 Å². The zero-order chi connectivity index (χ0) is 17.7. The van der Waals surface area contributed by atoms with Crippen LogP contribution in [-0.4, -0.2) is 37.4 Å². The molecule has 1 aromatic heterocycles. The Kier molecular flexibility index (Phi) is 5.59. The van der Waals surface area contributed by atoms with Gasteiger partial charge in [-0.05, 0) is 31.2 Å². The van der Waals surface area contributed by atoms with Gasteiger partial charge < -0.3 is 25.1 Å². The largest absolute Gasteiger partial charge is 0.492 e. The fourth-order valence-corrected chi connectivity index (χ4v) is 2.09. The third-order valence-corrected chi connectivity index (χ3v) is 3.30. The fraction of sp³-hybridized carbons (Fsp3) is 0.294. The van der Waals surface area contributed by atoms with Crippen LogP contribution in [-0.2, 0) is 6.54 Å². The Balaban J connectivity index is 2.25. The number of hydrogen-bond donors (Lipinski definition) is 2. The highest BCUT2D eigenvalue weighted by atomic mass is 16.5. The summed E-state index contributed by atoms with van der Waals surface area (Å²) in [5.74, 6) is 0.473. The van der Waals surface area contributed by atoms with Gasteiger partial charge in [-0.2, -0.15) is 0 Å². The summed E-state index contributed by atoms with van der Waals surface area (Å²) in [5.41, 5.74) is 6.80. The van der Waals surface area contributed by atoms with Gasteiger partial charge in [0.25, 0.3) is 11.8 Å². The summed E-state index contributed by atoms with van der Waals surface area (Å²) in [6, 6.07) is 6.48. The molecule has 7 heteroatoms. The van der Waals surface area contributed by atoms with Crippen LogP contribution in [0.3, 0.4) is 0 Å². The van der Waals surface area contributed by atoms with Gasteiger partial charge in [0.15, 0.2) is 0 Å². The molecule has 0 fully saturated rings. The van der Waals surface area contributed by atoms with E-state index >= 15 is 0 Å². The first kappa shape index (κ1) is 17.6. The summed E-state index contributed by atoms with van der Waals surface area (Å²) in [6.07, 6.45) is 1.35. The topological polar surface area (TPSA) is 97.8 Å². The smallest absolute Gasteiger partial charge is 0.259 e. The third-order valence-electron chi connectivity index (χ3n) is 3.30. The molecule has 1 aromatic carbocycles. The van der Waals surface area contributed by atoms with Crippen LogP contribution in [0.4, 0.5) is 5.69 Å². The Labute approximate surface area is 140 Å². The second-order valence-corrected chi connectivity index (χ2v) is 5.30. The first-order valence-corrected chi connectivity index (χ1v) is 7.53. The van der Waals surface area contributed by atoms with E-state index in [0.29, 0.717) is 34.9 Å². The van der Waals surface area contributed by atoms with Crippen LogP contribution >= 0.6 is 0 Å². The molecule has 128 valence electrons. The Hall–Kier alpha value is -2.80. The molecule has 2 amide bonds. The molecule has 2 aromatic rings. The summed E-state index contributed by atoms with van der Waals surface area (Å²) >= 11 is 0. The van der Waals surface area contributed by atoms with Gasteiger partial charge in [0.1, 0.15) is 17.8 Å². The number of nitrogens with zero attached hydrogens (tertiary/aromatic N) is 1. The van der Waals surface area contributed by atoms with Gasteiger partial charge >= 0.3 is 0 Å². The molecule has 1 heterocycles. The molecular formula is C17H21N3O4. The van der Waals surface area contributed by atoms with Gasteiger partial charge in [0, 0.05) is 19.7 Å². The van der Waals surface area contributed by atoms with Gasteiger partial charge in [-0.15, -0.1) is 0 Å². The normalized spacial score (nSPS) is 10.3. The number of hydrogen-bond acceptors (Lipinski definition) is 5. The maximum Gasteiger partial charge on any atom is 0.259 e. The van der Waals surface area contributed by atoms with Gasteiger partial charge in [-0.25, -0.2) is 0 Å². The van der Waals surface area contributed by atoms with Crippen LogP contribution in [0, 0.1) is 0 Å². The van der Waals surface area contributed by atoms with E-state index in [1.807, 2.05) is 6.92 Å². The van der Waals surface area contributed by atoms with E-state index in [1.54, 1.807) is 38.4 Å². The molecule has 0 saturated heterocycles. The van der Waals surface area contributed by atoms with Crippen LogP contribution in [0.1, 0.15) is 33.4 Å². The summed E-state index contributed by atoms with van der Waals surface area (Å²) in [6.45, 7) is 2.46. The lowest BCUT2D eigenvalue weighted by Crippen LogP contribution is -2.22. The average Bonchev–Trinajstić information content (AvgIpc) is 3.05. The van der Waals surface area contributed by atoms with E-state index in [2.05, 4.69) is 5.32 Å². The van der Waals surface area contributed by atoms with E-state index in [-0.39, 0.29) is 18.4 Å². The van der Waals surface area contributed by atoms with E-state index in [1.165, 1.54) is 11.2 Å². The number of nitrogens with one attached hydrogen (secondary N) is 1. The van der Waals surface area contributed by atoms with Crippen molar-refractivity contribution in [3.63, 3.8) is 0 Å². The second-order valence-electron chi connectivity index (χ2n) is 5.30. The minimum absolute atomic E-state index is 0.142. The molecule has 3 N–H and O–H groups in total. The highest BCUT2D eigenvalue weighted by Gasteiger charge is 2.16. The standard InChI is InChI=1S/C17H21N3O4/c1-4-23-15-8-11(17(22)20(2)3)5-6-14(15)19-16(21)12-7-13(9-18)24-10-12/h5-8,10H,4,9,18H2,1-3H3,(H,19,21). The van der Waals surface area contributed by atoms with Crippen molar-refractivity contribution >= 4 is 17.5 Å². The van der Waals surface area contributed by atoms with Crippen LogP contribution in [0.25, 0.3) is 0 Å². The maximum atomic E-state index is 12.3. The van der Waals surface area contributed by atoms with Crippen molar-refractivity contribution in [1.29, 1.82) is 0 Å². The Morgan fingerprint density at radius 3 is 2.58 bits per heavy atom. The molecule has 0 saturated carbocycles. The highest BCUT2D eigenvalue weighted by Crippen LogP contribution is 2.27. The predicted molar refractivity (Wildman–Crippen MR) is 90.2 cm³/mol. The summed E-state index contributed by atoms with van der Waals surface area (Å²) in [4.78, 5) is 25.8. The van der Waals surface area contributed by atoms with E-state index < -0.39 is 0 Å². The molecule has 0 unspecified atom stereocenters. The summed E-state index contributed by atoms with van der Waals surface area (Å²) in [5, 5.41) is 2.75. The Bertz CT molecular complexity index is 737. The van der Waals surface area contributed by atoms with Crippen LogP contribution < -0.4 is 15.8 Å². The zero-order valence-corrected chi connectivity index (χ0v) is 14.0. The number of rotatable bonds is 6. The Morgan fingerprint density at radius 2 is 2.00 bits per heavy atom. The van der Waals surface area contributed by atoms with Crippen molar-refractivity contribution in [2.75, 3.05) is 26.0 Å². The van der Waals surface area contributed by atoms with Crippen LogP contribution in [0.5, 0.6) is 5.75 Å². The average molecular weight is 331 g/mol. The molecule has 0 atom stereocenters. The number of ether oxygens (including phenoxy) is 1. The van der Waals surface area contributed by atoms with Crippen molar-refractivity contribution in [3.8, 4) is 5.75 Å². The second kappa shape index (κ2) is 7.65. The molecule has 0 bridgehead atoms. The number of amides is 2. The zero-order valence-electron chi connectivity index (χ0n) is 14.0. The van der Waals surface area contributed by atoms with Crippen molar-refractivity contribution in [1.82, 2.24) is 4.90 Å². The molecule has 2 rings (SSSR count). The number of carbonyl (C=O) groups is 2. The van der Waals surface area contributed by atoms with Crippen molar-refractivity contribution < 1.29 is 18.7 Å². The molecule has 0 spiro atoms. The van der Waals surface area contributed by atoms with Gasteiger partial charge in [0.2, 0.25) is 0 Å². The molecule has 0 aliphatic heterocycles. The first-order chi connectivity index (χ1) is 11.5. The third kappa shape index (κ3) is 3.94. The lowest BCUT2D eigenvalue weighted by molar-refractivity contribution is 0.0827. The minimum atomic E-state index is -0.342. The van der Waals surface area contributed by atoms with E-state index in [9.17, 15) is 9.59 Å². The molecular weight excluding hydrogens is 310 g/mol. The van der Waals surface area contributed by atoms with Crippen LogP contribution in [0.15, 0.2) is 34.9 Å². The van der Waals surface area contributed by atoms with Gasteiger partial charge in [-0.1, -0.05) is 0 Å². The van der Waals surface area contributed by atoms with Crippen molar-refractivity contribution in [2.45, 2.75) is 13.5 Å². The fourth-order valence-electron chi connectivity index (χ4n) is 2.09. The number of carbonyl (C=O) groups excluding carboxylic acids is 2. The van der Waals surface area contributed by atoms with Crippen molar-refractivity contribution in [3.05, 3.63) is 47.4 Å². The first-order valence-electron chi connectivity index (χ1n) is 7.53. The quantitative estimate of drug-likeness (QED) is 0.844. The molecule has 0 aliphatic rings. The number of benzene rings is 1. The highest BCUT2D eigenvalue weighted by molar-refractivity contribution is 6.05. The maximum absolute atomic E-state index is 12.3. The molecule has 0 radical (unpaired) electrons. The minimum Gasteiger partial charge on any atom is -0.492 e. The monoisotopic (exact) mass is 331 g/mol. The van der Waals surface area contributed by atoms with Gasteiger partial charge in [-0.3, -0.25) is 9.59 Å². The molecule has 0 aliphatic carbocycles. The SMILES string of the molecule is CCOc1cc(C(=O)N(C)C)ccc1NC(=O)c1coc(CN)c1. The number of anilines is 1. The lowest BCUT2D eigenvalue weighted by atomic mass is 10.1. The Morgan fingerprint density at radius 1 is 1.25 bits per heavy atom. The number of furan rings is 1. The summed E-state index contributed by atoms with van der Waals surface area (Å²) in [7, 11) is 3.35. The number of nitrogens with two attached hydrogens (primary N) is 1. The van der Waals surface area contributed by atoms with E-state index in [0.717, 1.165) is 0 Å². The summed E-state index contributed by atoms with van der Waals surface area (Å²) < 4.78 is 10.7. The van der Waals surface area contributed by atoms with Crippen molar-refractivity contribution in [2.24, 2.45) is 5.73 Å². The molecule has 7 nitrogen and oxygen atoms in total. The lowest BCUT2D eigenvalue weighted by Gasteiger charge is -2.15. The molecule has 24 heavy (non-hydrogen) atoms. The van der Waals surface area contributed by atoms with Crippen LogP contribution in [0.2, 0.25) is 0 Å².